The van der Waals surface area contributed by atoms with Crippen LogP contribution in [0.2, 0.25) is 0 Å². The van der Waals surface area contributed by atoms with Crippen LogP contribution in [0.5, 0.6) is 5.75 Å². The van der Waals surface area contributed by atoms with Gasteiger partial charge in [0.15, 0.2) is 11.6 Å². The third-order valence-corrected chi connectivity index (χ3v) is 8.43. The number of benzene rings is 2. The van der Waals surface area contributed by atoms with Gasteiger partial charge in [-0.2, -0.15) is 0 Å². The summed E-state index contributed by atoms with van der Waals surface area (Å²) in [5.41, 5.74) is 1.56. The van der Waals surface area contributed by atoms with Gasteiger partial charge in [-0.15, -0.1) is 6.58 Å². The lowest BCUT2D eigenvalue weighted by Gasteiger charge is -2.30. The van der Waals surface area contributed by atoms with Gasteiger partial charge in [-0.25, -0.2) is 13.2 Å². The fourth-order valence-electron chi connectivity index (χ4n) is 6.00. The summed E-state index contributed by atoms with van der Waals surface area (Å²) < 4.78 is 56.4. The number of unbranched alkanes of at least 4 members (excludes halogenated alkanes) is 1. The van der Waals surface area contributed by atoms with Crippen molar-refractivity contribution in [3.05, 3.63) is 83.2 Å². The molecule has 0 spiro atoms. The number of hydrogen-bond donors (Lipinski definition) is 0. The van der Waals surface area contributed by atoms with Crippen molar-refractivity contribution >= 4 is 6.08 Å². The highest BCUT2D eigenvalue weighted by atomic mass is 19.2. The maximum Gasteiger partial charge on any atom is 0.162 e. The van der Waals surface area contributed by atoms with E-state index in [0.29, 0.717) is 41.4 Å². The molecule has 0 aliphatic heterocycles. The molecule has 0 radical (unpaired) electrons. The van der Waals surface area contributed by atoms with E-state index in [0.717, 1.165) is 70.8 Å². The Bertz CT molecular complexity index is 1100. The van der Waals surface area contributed by atoms with E-state index in [1.807, 2.05) is 18.2 Å². The molecule has 0 N–H and O–H groups in total. The fourth-order valence-corrected chi connectivity index (χ4v) is 6.00. The average Bonchev–Trinajstić information content (AvgIpc) is 2.95. The summed E-state index contributed by atoms with van der Waals surface area (Å²) in [6.45, 7) is 7.07. The molecule has 2 nitrogen and oxygen atoms in total. The van der Waals surface area contributed by atoms with Gasteiger partial charge in [0.2, 0.25) is 0 Å². The lowest BCUT2D eigenvalue weighted by molar-refractivity contribution is 0.0230. The Labute approximate surface area is 232 Å². The molecule has 0 bridgehead atoms. The summed E-state index contributed by atoms with van der Waals surface area (Å²) in [7, 11) is 0. The van der Waals surface area contributed by atoms with Gasteiger partial charge < -0.3 is 9.47 Å². The quantitative estimate of drug-likeness (QED) is 0.197. The second kappa shape index (κ2) is 14.7. The average molecular weight is 541 g/mol. The second-order valence-electron chi connectivity index (χ2n) is 11.1. The first-order valence-electron chi connectivity index (χ1n) is 14.8. The predicted molar refractivity (Wildman–Crippen MR) is 153 cm³/mol. The standard InChI is InChI=1S/C34H43F3O2/c1-3-5-21-38-28-16-13-26(14-17-28)31-20-19-30(33(36)34(31)37)25-10-7-24(8-11-25)9-12-27-15-18-29(23-32(27)35)39-22-6-4-2/h4,9,12,15,18-20,23-26,28H,2-3,5-8,10-11,13-14,16-17,21-22H2,1H3/b12-9+. The lowest BCUT2D eigenvalue weighted by Crippen LogP contribution is -2.22. The number of halogens is 3. The summed E-state index contributed by atoms with van der Waals surface area (Å²) in [6, 6.07) is 8.57. The minimum atomic E-state index is -0.662. The SMILES string of the molecule is C=CCCOc1ccc(/C=C/C2CCC(c3ccc(C4CCC(OCCCC)CC4)c(F)c3F)CC2)c(F)c1. The van der Waals surface area contributed by atoms with Crippen molar-refractivity contribution in [3.63, 3.8) is 0 Å². The smallest absolute Gasteiger partial charge is 0.162 e. The van der Waals surface area contributed by atoms with Crippen LogP contribution in [-0.2, 0) is 4.74 Å². The highest BCUT2D eigenvalue weighted by Gasteiger charge is 2.29. The third kappa shape index (κ3) is 8.00. The van der Waals surface area contributed by atoms with E-state index in [2.05, 4.69) is 19.6 Å². The summed E-state index contributed by atoms with van der Waals surface area (Å²) in [6.07, 6.45) is 15.6. The van der Waals surface area contributed by atoms with Gasteiger partial charge in [-0.05, 0) is 105 Å². The van der Waals surface area contributed by atoms with Crippen LogP contribution in [0.25, 0.3) is 6.08 Å². The zero-order valence-electron chi connectivity index (χ0n) is 23.3. The van der Waals surface area contributed by atoms with Crippen LogP contribution in [0, 0.1) is 23.4 Å². The van der Waals surface area contributed by atoms with Crippen molar-refractivity contribution in [2.75, 3.05) is 13.2 Å². The molecule has 5 heteroatoms. The van der Waals surface area contributed by atoms with Crippen LogP contribution < -0.4 is 4.74 Å². The first-order valence-corrected chi connectivity index (χ1v) is 14.8. The molecule has 0 heterocycles. The Hall–Kier alpha value is -2.53. The van der Waals surface area contributed by atoms with Crippen LogP contribution >= 0.6 is 0 Å². The van der Waals surface area contributed by atoms with E-state index in [-0.39, 0.29) is 23.8 Å². The van der Waals surface area contributed by atoms with Gasteiger partial charge in [0.05, 0.1) is 12.7 Å². The van der Waals surface area contributed by atoms with Crippen molar-refractivity contribution in [3.8, 4) is 5.75 Å². The Balaban J connectivity index is 1.29. The van der Waals surface area contributed by atoms with E-state index in [1.54, 1.807) is 18.2 Å². The van der Waals surface area contributed by atoms with E-state index in [9.17, 15) is 4.39 Å². The van der Waals surface area contributed by atoms with Crippen molar-refractivity contribution in [1.82, 2.24) is 0 Å². The van der Waals surface area contributed by atoms with Crippen molar-refractivity contribution < 1.29 is 22.6 Å². The van der Waals surface area contributed by atoms with Crippen LogP contribution in [0.15, 0.2) is 49.1 Å². The molecule has 39 heavy (non-hydrogen) atoms. The highest BCUT2D eigenvalue weighted by molar-refractivity contribution is 5.52. The van der Waals surface area contributed by atoms with Gasteiger partial charge in [0.1, 0.15) is 11.6 Å². The molecule has 2 aliphatic rings. The second-order valence-corrected chi connectivity index (χ2v) is 11.1. The molecule has 2 saturated carbocycles. The Kier molecular flexibility index (Phi) is 11.1. The van der Waals surface area contributed by atoms with Gasteiger partial charge >= 0.3 is 0 Å². The minimum Gasteiger partial charge on any atom is -0.493 e. The molecule has 0 amide bonds. The fraction of sp³-hybridized carbons (Fsp3) is 0.529. The Morgan fingerprint density at radius 3 is 2.08 bits per heavy atom. The van der Waals surface area contributed by atoms with Crippen molar-refractivity contribution in [2.24, 2.45) is 5.92 Å². The van der Waals surface area contributed by atoms with E-state index in [4.69, 9.17) is 9.47 Å². The monoisotopic (exact) mass is 540 g/mol. The summed E-state index contributed by atoms with van der Waals surface area (Å²) in [5, 5.41) is 0. The number of allylic oxidation sites excluding steroid dienone is 1. The summed E-state index contributed by atoms with van der Waals surface area (Å²) >= 11 is 0. The molecule has 0 aromatic heterocycles. The van der Waals surface area contributed by atoms with Crippen molar-refractivity contribution in [2.45, 2.75) is 95.5 Å². The summed E-state index contributed by atoms with van der Waals surface area (Å²) in [5.74, 6) is -0.741. The van der Waals surface area contributed by atoms with Gasteiger partial charge in [0.25, 0.3) is 0 Å². The topological polar surface area (TPSA) is 18.5 Å². The first kappa shape index (κ1) is 29.5. The normalized spacial score (nSPS) is 23.7. The molecule has 2 aromatic rings. The molecular formula is C34H43F3O2. The molecule has 2 aromatic carbocycles. The van der Waals surface area contributed by atoms with Gasteiger partial charge in [-0.1, -0.05) is 43.7 Å². The molecule has 2 aliphatic carbocycles. The molecule has 4 rings (SSSR count). The lowest BCUT2D eigenvalue weighted by atomic mass is 9.77. The molecule has 0 unspecified atom stereocenters. The van der Waals surface area contributed by atoms with E-state index in [1.165, 1.54) is 6.07 Å². The zero-order chi connectivity index (χ0) is 27.6. The van der Waals surface area contributed by atoms with E-state index >= 15 is 8.78 Å². The highest BCUT2D eigenvalue weighted by Crippen LogP contribution is 2.41. The van der Waals surface area contributed by atoms with Crippen LogP contribution in [0.4, 0.5) is 13.2 Å². The maximum absolute atomic E-state index is 15.3. The van der Waals surface area contributed by atoms with Crippen LogP contribution in [0.3, 0.4) is 0 Å². The molecule has 0 saturated heterocycles. The first-order chi connectivity index (χ1) is 19.0. The zero-order valence-corrected chi connectivity index (χ0v) is 23.3. The predicted octanol–water partition coefficient (Wildman–Crippen LogP) is 9.89. The van der Waals surface area contributed by atoms with Gasteiger partial charge in [-0.3, -0.25) is 0 Å². The number of rotatable bonds is 12. The minimum absolute atomic E-state index is 0.0182. The molecule has 212 valence electrons. The Morgan fingerprint density at radius 2 is 1.49 bits per heavy atom. The van der Waals surface area contributed by atoms with E-state index < -0.39 is 11.6 Å². The molecule has 2 fully saturated rings. The number of hydrogen-bond acceptors (Lipinski definition) is 2. The maximum atomic E-state index is 15.3. The van der Waals surface area contributed by atoms with Crippen molar-refractivity contribution in [1.29, 1.82) is 0 Å². The van der Waals surface area contributed by atoms with Crippen LogP contribution in [-0.4, -0.2) is 19.3 Å². The van der Waals surface area contributed by atoms with Crippen LogP contribution in [0.1, 0.15) is 106 Å². The third-order valence-electron chi connectivity index (χ3n) is 8.43. The van der Waals surface area contributed by atoms with Gasteiger partial charge in [0, 0.05) is 18.2 Å². The summed E-state index contributed by atoms with van der Waals surface area (Å²) in [4.78, 5) is 0. The largest absolute Gasteiger partial charge is 0.493 e. The Morgan fingerprint density at radius 1 is 0.846 bits per heavy atom. The molecule has 0 atom stereocenters. The number of ether oxygens (including phenoxy) is 2. The molecular weight excluding hydrogens is 497 g/mol.